The van der Waals surface area contributed by atoms with Gasteiger partial charge in [-0.1, -0.05) is 0 Å². The molecule has 0 radical (unpaired) electrons. The van der Waals surface area contributed by atoms with Crippen molar-refractivity contribution in [2.45, 2.75) is 13.8 Å². The van der Waals surface area contributed by atoms with Gasteiger partial charge in [0.1, 0.15) is 5.78 Å². The lowest BCUT2D eigenvalue weighted by molar-refractivity contribution is -0.114. The van der Waals surface area contributed by atoms with E-state index >= 15 is 0 Å². The summed E-state index contributed by atoms with van der Waals surface area (Å²) in [5.41, 5.74) is 0. The largest absolute Gasteiger partial charge is 0.395 e. The molecule has 0 heterocycles. The molecule has 0 aromatic rings. The molecule has 0 atom stereocenters. The number of hydrogen-bond donors (Lipinski definition) is 3. The summed E-state index contributed by atoms with van der Waals surface area (Å²) in [6.45, 7) is 4.47. The lowest BCUT2D eigenvalue weighted by Gasteiger charge is -1.94. The van der Waals surface area contributed by atoms with Crippen LogP contribution in [0, 0.1) is 0 Å². The van der Waals surface area contributed by atoms with Crippen LogP contribution in [0.25, 0.3) is 0 Å². The van der Waals surface area contributed by atoms with Crippen LogP contribution in [0.2, 0.25) is 0 Å². The molecule has 0 aliphatic rings. The fraction of sp³-hybridized carbons (Fsp3) is 0.857. The first-order valence-electron chi connectivity index (χ1n) is 3.54. The third kappa shape index (κ3) is 43.2. The molecule has 3 N–H and O–H groups in total. The van der Waals surface area contributed by atoms with Gasteiger partial charge in [0.25, 0.3) is 0 Å². The maximum Gasteiger partial charge on any atom is 0.126 e. The number of hydrogen-bond acceptors (Lipinski definition) is 4. The Morgan fingerprint density at radius 2 is 1.45 bits per heavy atom. The first-order valence-corrected chi connectivity index (χ1v) is 3.54. The van der Waals surface area contributed by atoms with Gasteiger partial charge in [0.05, 0.1) is 13.2 Å². The van der Waals surface area contributed by atoms with Crippen molar-refractivity contribution in [1.82, 2.24) is 5.32 Å². The Morgan fingerprint density at radius 1 is 1.18 bits per heavy atom. The molecule has 0 unspecified atom stereocenters. The molecule has 4 nitrogen and oxygen atoms in total. The maximum absolute atomic E-state index is 9.44. The Kier molecular flexibility index (Phi) is 14.7. The van der Waals surface area contributed by atoms with Crippen molar-refractivity contribution in [2.75, 3.05) is 26.3 Å². The highest BCUT2D eigenvalue weighted by Gasteiger charge is 1.78. The second-order valence-electron chi connectivity index (χ2n) is 2.11. The quantitative estimate of drug-likeness (QED) is 0.472. The molecule has 0 spiro atoms. The van der Waals surface area contributed by atoms with Crippen LogP contribution in [0.3, 0.4) is 0 Å². The number of carbonyl (C=O) groups excluding carboxylic acids is 1. The van der Waals surface area contributed by atoms with E-state index in [1.165, 1.54) is 13.8 Å². The van der Waals surface area contributed by atoms with Crippen LogP contribution in [0.15, 0.2) is 0 Å². The Hall–Kier alpha value is -0.450. The van der Waals surface area contributed by atoms with Gasteiger partial charge in [-0.15, -0.1) is 0 Å². The number of nitrogens with one attached hydrogen (secondary N) is 1. The summed E-state index contributed by atoms with van der Waals surface area (Å²) >= 11 is 0. The van der Waals surface area contributed by atoms with E-state index < -0.39 is 0 Å². The number of ketones is 1. The molecule has 0 rings (SSSR count). The minimum Gasteiger partial charge on any atom is -0.395 e. The van der Waals surface area contributed by atoms with Crippen molar-refractivity contribution in [3.63, 3.8) is 0 Å². The van der Waals surface area contributed by atoms with Gasteiger partial charge < -0.3 is 20.3 Å². The Bertz CT molecular complexity index is 77.8. The van der Waals surface area contributed by atoms with Gasteiger partial charge in [0.2, 0.25) is 0 Å². The predicted octanol–water partition coefficient (Wildman–Crippen LogP) is -0.844. The standard InChI is InChI=1S/C4H11NO2.C3H6O/c6-3-1-5-2-4-7;1-3(2)4/h5-7H,1-4H2;1-2H3. The molecule has 68 valence electrons. The second-order valence-corrected chi connectivity index (χ2v) is 2.11. The number of Topliss-reactive ketones (excluding diaryl/α,β-unsaturated/α-hetero) is 1. The van der Waals surface area contributed by atoms with Gasteiger partial charge in [-0.05, 0) is 13.8 Å². The first kappa shape index (κ1) is 13.2. The van der Waals surface area contributed by atoms with Crippen LogP contribution in [-0.4, -0.2) is 42.3 Å². The lowest BCUT2D eigenvalue weighted by atomic mass is 10.6. The van der Waals surface area contributed by atoms with Gasteiger partial charge in [0, 0.05) is 13.1 Å². The van der Waals surface area contributed by atoms with E-state index in [0.717, 1.165) is 0 Å². The summed E-state index contributed by atoms with van der Waals surface area (Å²) in [5.74, 6) is 0.167. The molecule has 11 heavy (non-hydrogen) atoms. The highest BCUT2D eigenvalue weighted by atomic mass is 16.3. The Balaban J connectivity index is 0. The van der Waals surface area contributed by atoms with E-state index in [9.17, 15) is 4.79 Å². The predicted molar refractivity (Wildman–Crippen MR) is 43.4 cm³/mol. The van der Waals surface area contributed by atoms with E-state index in [1.54, 1.807) is 0 Å². The molecule has 0 fully saturated rings. The summed E-state index contributed by atoms with van der Waals surface area (Å²) in [5, 5.41) is 19.1. The van der Waals surface area contributed by atoms with Gasteiger partial charge in [0.15, 0.2) is 0 Å². The van der Waals surface area contributed by atoms with E-state index in [-0.39, 0.29) is 19.0 Å². The smallest absolute Gasteiger partial charge is 0.126 e. The molecule has 0 bridgehead atoms. The normalized spacial score (nSPS) is 8.36. The van der Waals surface area contributed by atoms with Crippen LogP contribution < -0.4 is 5.32 Å². The summed E-state index contributed by atoms with van der Waals surface area (Å²) in [6, 6.07) is 0. The monoisotopic (exact) mass is 163 g/mol. The number of rotatable bonds is 4. The molecule has 4 heteroatoms. The van der Waals surface area contributed by atoms with Gasteiger partial charge in [-0.3, -0.25) is 0 Å². The average Bonchev–Trinajstić information content (AvgIpc) is 1.88. The first-order chi connectivity index (χ1) is 5.15. The molecule has 0 aliphatic heterocycles. The van der Waals surface area contributed by atoms with Gasteiger partial charge in [-0.25, -0.2) is 0 Å². The third-order valence-electron chi connectivity index (χ3n) is 0.577. The van der Waals surface area contributed by atoms with Crippen molar-refractivity contribution in [3.05, 3.63) is 0 Å². The van der Waals surface area contributed by atoms with E-state index in [1.807, 2.05) is 0 Å². The second kappa shape index (κ2) is 12.2. The zero-order valence-corrected chi connectivity index (χ0v) is 7.13. The molecule has 0 saturated heterocycles. The van der Waals surface area contributed by atoms with Crippen LogP contribution >= 0.6 is 0 Å². The van der Waals surface area contributed by atoms with Crippen molar-refractivity contribution < 1.29 is 15.0 Å². The maximum atomic E-state index is 9.44. The van der Waals surface area contributed by atoms with Gasteiger partial charge in [-0.2, -0.15) is 0 Å². The van der Waals surface area contributed by atoms with Crippen molar-refractivity contribution >= 4 is 5.78 Å². The number of carbonyl (C=O) groups is 1. The Labute approximate surface area is 67.2 Å². The summed E-state index contributed by atoms with van der Waals surface area (Å²) < 4.78 is 0. The van der Waals surface area contributed by atoms with Crippen LogP contribution in [0.5, 0.6) is 0 Å². The summed E-state index contributed by atoms with van der Waals surface area (Å²) in [4.78, 5) is 9.44. The molecular formula is C7H17NO3. The number of aliphatic hydroxyl groups excluding tert-OH is 2. The molecular weight excluding hydrogens is 146 g/mol. The lowest BCUT2D eigenvalue weighted by Crippen LogP contribution is -2.21. The van der Waals surface area contributed by atoms with Crippen LogP contribution in [0.4, 0.5) is 0 Å². The van der Waals surface area contributed by atoms with Crippen molar-refractivity contribution in [3.8, 4) is 0 Å². The molecule has 0 aromatic heterocycles. The molecule has 0 aromatic carbocycles. The molecule has 0 amide bonds. The Morgan fingerprint density at radius 3 is 1.64 bits per heavy atom. The van der Waals surface area contributed by atoms with Crippen LogP contribution in [-0.2, 0) is 4.79 Å². The fourth-order valence-electron chi connectivity index (χ4n) is 0.283. The fourth-order valence-corrected chi connectivity index (χ4v) is 0.283. The number of aliphatic hydroxyl groups is 2. The summed E-state index contributed by atoms with van der Waals surface area (Å²) in [6.07, 6.45) is 0. The SMILES string of the molecule is CC(C)=O.OCCNCCO. The van der Waals surface area contributed by atoms with E-state index in [2.05, 4.69) is 5.32 Å². The summed E-state index contributed by atoms with van der Waals surface area (Å²) in [7, 11) is 0. The third-order valence-corrected chi connectivity index (χ3v) is 0.577. The highest BCUT2D eigenvalue weighted by molar-refractivity contribution is 5.72. The van der Waals surface area contributed by atoms with Crippen molar-refractivity contribution in [1.29, 1.82) is 0 Å². The topological polar surface area (TPSA) is 69.6 Å². The zero-order valence-electron chi connectivity index (χ0n) is 7.13. The van der Waals surface area contributed by atoms with Gasteiger partial charge >= 0.3 is 0 Å². The van der Waals surface area contributed by atoms with E-state index in [4.69, 9.17) is 10.2 Å². The zero-order chi connectivity index (χ0) is 9.11. The minimum atomic E-state index is 0.139. The highest BCUT2D eigenvalue weighted by Crippen LogP contribution is 1.54. The average molecular weight is 163 g/mol. The molecule has 0 saturated carbocycles. The van der Waals surface area contributed by atoms with Crippen LogP contribution in [0.1, 0.15) is 13.8 Å². The molecule has 0 aliphatic carbocycles. The minimum absolute atomic E-state index is 0.139. The van der Waals surface area contributed by atoms with Crippen molar-refractivity contribution in [2.24, 2.45) is 0 Å². The van der Waals surface area contributed by atoms with E-state index in [0.29, 0.717) is 13.1 Å².